The van der Waals surface area contributed by atoms with Crippen molar-refractivity contribution in [1.29, 1.82) is 0 Å². The van der Waals surface area contributed by atoms with Crippen molar-refractivity contribution in [3.63, 3.8) is 0 Å². The molecule has 25 heavy (non-hydrogen) atoms. The zero-order valence-electron chi connectivity index (χ0n) is 14.7. The van der Waals surface area contributed by atoms with Crippen LogP contribution in [0.1, 0.15) is 17.4 Å². The number of benzene rings is 1. The smallest absolute Gasteiger partial charge is 0.320 e. The number of rotatable bonds is 5. The van der Waals surface area contributed by atoms with E-state index < -0.39 is 0 Å². The predicted molar refractivity (Wildman–Crippen MR) is 96.5 cm³/mol. The van der Waals surface area contributed by atoms with Gasteiger partial charge in [0.1, 0.15) is 5.76 Å². The highest BCUT2D eigenvalue weighted by Gasteiger charge is 2.26. The number of hydrogen-bond donors (Lipinski definition) is 2. The maximum Gasteiger partial charge on any atom is 0.320 e. The largest absolute Gasteiger partial charge is 0.360 e. The Hall–Kier alpha value is -2.38. The summed E-state index contributed by atoms with van der Waals surface area (Å²) >= 11 is 0. The number of likely N-dealkylation sites (N-methyl/N-ethyl adjacent to an activating group) is 1. The van der Waals surface area contributed by atoms with Gasteiger partial charge in [0.15, 0.2) is 5.82 Å². The minimum atomic E-state index is -0.265. The Balaban J connectivity index is 1.51. The third-order valence-electron chi connectivity index (χ3n) is 4.43. The molecule has 2 aromatic rings. The summed E-state index contributed by atoms with van der Waals surface area (Å²) in [6.07, 6.45) is 0. The molecule has 1 atom stereocenters. The SMILES string of the molecule is Cc1cc(NC(=O)NCCN2CCN(C)C[C@H]2c2ccccc2)no1. The summed E-state index contributed by atoms with van der Waals surface area (Å²) in [4.78, 5) is 16.7. The van der Waals surface area contributed by atoms with Crippen molar-refractivity contribution in [3.05, 3.63) is 47.7 Å². The quantitative estimate of drug-likeness (QED) is 0.870. The molecule has 1 fully saturated rings. The Morgan fingerprint density at radius 2 is 2.12 bits per heavy atom. The van der Waals surface area contributed by atoms with Gasteiger partial charge in [0.2, 0.25) is 0 Å². The highest BCUT2D eigenvalue weighted by atomic mass is 16.5. The Morgan fingerprint density at radius 1 is 1.32 bits per heavy atom. The van der Waals surface area contributed by atoms with Gasteiger partial charge in [0.25, 0.3) is 0 Å². The van der Waals surface area contributed by atoms with Crippen molar-refractivity contribution in [2.45, 2.75) is 13.0 Å². The van der Waals surface area contributed by atoms with E-state index in [-0.39, 0.29) is 6.03 Å². The number of carbonyl (C=O) groups is 1. The lowest BCUT2D eigenvalue weighted by Crippen LogP contribution is -2.49. The van der Waals surface area contributed by atoms with Crippen LogP contribution in [0.3, 0.4) is 0 Å². The summed E-state index contributed by atoms with van der Waals surface area (Å²) in [5, 5.41) is 9.30. The molecule has 1 aromatic heterocycles. The van der Waals surface area contributed by atoms with Crippen molar-refractivity contribution < 1.29 is 9.32 Å². The first-order valence-corrected chi connectivity index (χ1v) is 8.57. The molecule has 1 aromatic carbocycles. The second-order valence-electron chi connectivity index (χ2n) is 6.43. The van der Waals surface area contributed by atoms with Crippen LogP contribution in [0.2, 0.25) is 0 Å². The molecule has 3 rings (SSSR count). The topological polar surface area (TPSA) is 73.6 Å². The number of aromatic nitrogens is 1. The lowest BCUT2D eigenvalue weighted by molar-refractivity contribution is 0.0913. The van der Waals surface area contributed by atoms with Gasteiger partial charge in [0, 0.05) is 44.8 Å². The van der Waals surface area contributed by atoms with Gasteiger partial charge in [0.05, 0.1) is 0 Å². The van der Waals surface area contributed by atoms with Crippen LogP contribution < -0.4 is 10.6 Å². The van der Waals surface area contributed by atoms with E-state index in [9.17, 15) is 4.79 Å². The molecular weight excluding hydrogens is 318 g/mol. The van der Waals surface area contributed by atoms with Gasteiger partial charge in [-0.2, -0.15) is 0 Å². The molecule has 1 saturated heterocycles. The third-order valence-corrected chi connectivity index (χ3v) is 4.43. The Kier molecular flexibility index (Phi) is 5.67. The Morgan fingerprint density at radius 3 is 2.84 bits per heavy atom. The standard InChI is InChI=1S/C18H25N5O2/c1-14-12-17(21-25-14)20-18(24)19-8-9-23-11-10-22(2)13-16(23)15-6-4-3-5-7-15/h3-7,12,16H,8-11,13H2,1-2H3,(H2,19,20,21,24)/t16-/m0/s1. The molecule has 1 aliphatic heterocycles. The molecule has 2 amide bonds. The van der Waals surface area contributed by atoms with E-state index in [2.05, 4.69) is 56.9 Å². The molecule has 0 bridgehead atoms. The monoisotopic (exact) mass is 343 g/mol. The van der Waals surface area contributed by atoms with Crippen LogP contribution in [0.4, 0.5) is 10.6 Å². The molecule has 0 aliphatic carbocycles. The fraction of sp³-hybridized carbons (Fsp3) is 0.444. The van der Waals surface area contributed by atoms with E-state index in [1.807, 2.05) is 6.07 Å². The minimum Gasteiger partial charge on any atom is -0.360 e. The number of nitrogens with one attached hydrogen (secondary N) is 2. The van der Waals surface area contributed by atoms with E-state index in [4.69, 9.17) is 4.52 Å². The Bertz CT molecular complexity index is 688. The fourth-order valence-electron chi connectivity index (χ4n) is 3.11. The van der Waals surface area contributed by atoms with Gasteiger partial charge in [-0.3, -0.25) is 10.2 Å². The summed E-state index contributed by atoms with van der Waals surface area (Å²) in [6, 6.07) is 12.3. The van der Waals surface area contributed by atoms with Crippen molar-refractivity contribution in [2.75, 3.05) is 45.1 Å². The van der Waals surface area contributed by atoms with Gasteiger partial charge in [-0.1, -0.05) is 35.5 Å². The summed E-state index contributed by atoms with van der Waals surface area (Å²) in [6.45, 7) is 6.19. The number of hydrogen-bond acceptors (Lipinski definition) is 5. The lowest BCUT2D eigenvalue weighted by Gasteiger charge is -2.40. The van der Waals surface area contributed by atoms with Crippen LogP contribution in [-0.2, 0) is 0 Å². The zero-order valence-corrected chi connectivity index (χ0v) is 14.7. The Labute approximate surface area is 148 Å². The summed E-state index contributed by atoms with van der Waals surface area (Å²) < 4.78 is 4.93. The number of aryl methyl sites for hydroxylation is 1. The molecular formula is C18H25N5O2. The van der Waals surface area contributed by atoms with Crippen LogP contribution in [0.15, 0.2) is 40.9 Å². The predicted octanol–water partition coefficient (Wildman–Crippen LogP) is 2.09. The molecule has 0 radical (unpaired) electrons. The molecule has 0 saturated carbocycles. The number of amides is 2. The van der Waals surface area contributed by atoms with E-state index in [0.717, 1.165) is 26.2 Å². The first-order valence-electron chi connectivity index (χ1n) is 8.57. The minimum absolute atomic E-state index is 0.265. The lowest BCUT2D eigenvalue weighted by atomic mass is 10.0. The zero-order chi connectivity index (χ0) is 17.6. The fourth-order valence-corrected chi connectivity index (χ4v) is 3.11. The average molecular weight is 343 g/mol. The second kappa shape index (κ2) is 8.13. The van der Waals surface area contributed by atoms with Crippen molar-refractivity contribution in [2.24, 2.45) is 0 Å². The van der Waals surface area contributed by atoms with Gasteiger partial charge in [-0.25, -0.2) is 4.79 Å². The maximum absolute atomic E-state index is 11.9. The molecule has 0 spiro atoms. The normalized spacial score (nSPS) is 18.9. The van der Waals surface area contributed by atoms with Crippen molar-refractivity contribution >= 4 is 11.8 Å². The molecule has 134 valence electrons. The van der Waals surface area contributed by atoms with Crippen molar-refractivity contribution in [1.82, 2.24) is 20.3 Å². The first kappa shape index (κ1) is 17.4. The number of nitrogens with zero attached hydrogens (tertiary/aromatic N) is 3. The first-order chi connectivity index (χ1) is 12.1. The molecule has 2 heterocycles. The highest BCUT2D eigenvalue weighted by molar-refractivity contribution is 5.88. The molecule has 7 heteroatoms. The van der Waals surface area contributed by atoms with Gasteiger partial charge < -0.3 is 14.7 Å². The van der Waals surface area contributed by atoms with E-state index in [0.29, 0.717) is 24.2 Å². The molecule has 1 aliphatic rings. The van der Waals surface area contributed by atoms with E-state index in [1.165, 1.54) is 5.56 Å². The van der Waals surface area contributed by atoms with Crippen LogP contribution >= 0.6 is 0 Å². The summed E-state index contributed by atoms with van der Waals surface area (Å²) in [5.41, 5.74) is 1.32. The molecule has 7 nitrogen and oxygen atoms in total. The maximum atomic E-state index is 11.9. The molecule has 2 N–H and O–H groups in total. The molecule has 0 unspecified atom stereocenters. The van der Waals surface area contributed by atoms with E-state index in [1.54, 1.807) is 13.0 Å². The van der Waals surface area contributed by atoms with Crippen LogP contribution in [0, 0.1) is 6.92 Å². The van der Waals surface area contributed by atoms with Crippen LogP contribution in [-0.4, -0.2) is 60.8 Å². The summed E-state index contributed by atoms with van der Waals surface area (Å²) in [7, 11) is 2.15. The van der Waals surface area contributed by atoms with E-state index >= 15 is 0 Å². The van der Waals surface area contributed by atoms with Gasteiger partial charge in [-0.15, -0.1) is 0 Å². The van der Waals surface area contributed by atoms with Crippen LogP contribution in [0.25, 0.3) is 0 Å². The van der Waals surface area contributed by atoms with Crippen LogP contribution in [0.5, 0.6) is 0 Å². The second-order valence-corrected chi connectivity index (χ2v) is 6.43. The number of carbonyl (C=O) groups excluding carboxylic acids is 1. The number of piperazine rings is 1. The highest BCUT2D eigenvalue weighted by Crippen LogP contribution is 2.24. The van der Waals surface area contributed by atoms with Gasteiger partial charge >= 0.3 is 6.03 Å². The third kappa shape index (κ3) is 4.80. The average Bonchev–Trinajstić information content (AvgIpc) is 3.01. The summed E-state index contributed by atoms with van der Waals surface area (Å²) in [5.74, 6) is 1.09. The van der Waals surface area contributed by atoms with Crippen molar-refractivity contribution in [3.8, 4) is 0 Å². The van der Waals surface area contributed by atoms with Gasteiger partial charge in [-0.05, 0) is 19.5 Å². The number of urea groups is 1. The number of anilines is 1.